The van der Waals surface area contributed by atoms with Crippen molar-refractivity contribution in [3.05, 3.63) is 84.9 Å². The SMILES string of the molecule is c1cc2ccc3sc4ccc5sc6ccc7cccc8c9ccc%10c(c1)c2c3c1c4c5c(c6c78)c9c%101. The molecule has 0 spiro atoms. The first-order valence-electron chi connectivity index (χ1n) is 12.4. The number of hydrogen-bond acceptors (Lipinski definition) is 2. The van der Waals surface area contributed by atoms with E-state index in [0.717, 1.165) is 0 Å². The van der Waals surface area contributed by atoms with Crippen LogP contribution < -0.4 is 0 Å². The molecule has 2 heteroatoms. The van der Waals surface area contributed by atoms with E-state index in [0.29, 0.717) is 0 Å². The van der Waals surface area contributed by atoms with E-state index in [1.807, 2.05) is 22.7 Å². The predicted octanol–water partition coefficient (Wildman–Crippen LogP) is 11.1. The minimum atomic E-state index is 1.34. The molecule has 2 aromatic heterocycles. The summed E-state index contributed by atoms with van der Waals surface area (Å²) in [5.41, 5.74) is 0. The van der Waals surface area contributed by atoms with Gasteiger partial charge in [-0.2, -0.15) is 0 Å². The molecular weight excluding hydrogens is 473 g/mol. The fourth-order valence-corrected chi connectivity index (χ4v) is 9.87. The number of rotatable bonds is 0. The fourth-order valence-electron chi connectivity index (χ4n) is 7.62. The van der Waals surface area contributed by atoms with Crippen LogP contribution in [0.3, 0.4) is 0 Å². The van der Waals surface area contributed by atoms with Crippen LogP contribution >= 0.6 is 22.7 Å². The predicted molar refractivity (Wildman–Crippen MR) is 162 cm³/mol. The molecule has 2 heterocycles. The van der Waals surface area contributed by atoms with Gasteiger partial charge in [0, 0.05) is 51.1 Å². The molecule has 0 saturated carbocycles. The van der Waals surface area contributed by atoms with Crippen molar-refractivity contribution in [3.63, 3.8) is 0 Å². The lowest BCUT2D eigenvalue weighted by molar-refractivity contribution is 1.84. The number of benzene rings is 9. The lowest BCUT2D eigenvalue weighted by Gasteiger charge is -2.25. The van der Waals surface area contributed by atoms with Gasteiger partial charge in [-0.15, -0.1) is 22.7 Å². The van der Waals surface area contributed by atoms with E-state index < -0.39 is 0 Å². The highest BCUT2D eigenvalue weighted by Gasteiger charge is 2.27. The van der Waals surface area contributed by atoms with Crippen LogP contribution in [0.5, 0.6) is 0 Å². The molecule has 0 bridgehead atoms. The summed E-state index contributed by atoms with van der Waals surface area (Å²) in [5.74, 6) is 0. The van der Waals surface area contributed by atoms with E-state index in [1.165, 1.54) is 105 Å². The van der Waals surface area contributed by atoms with E-state index in [4.69, 9.17) is 0 Å². The lowest BCUT2D eigenvalue weighted by atomic mass is 9.81. The van der Waals surface area contributed by atoms with E-state index in [-0.39, 0.29) is 0 Å². The molecule has 0 aliphatic rings. The van der Waals surface area contributed by atoms with Crippen LogP contribution in [0.1, 0.15) is 0 Å². The summed E-state index contributed by atoms with van der Waals surface area (Å²) in [4.78, 5) is 0. The van der Waals surface area contributed by atoms with Crippen LogP contribution in [-0.2, 0) is 0 Å². The van der Waals surface area contributed by atoms with Crippen LogP contribution in [0.25, 0.3) is 105 Å². The van der Waals surface area contributed by atoms with E-state index in [2.05, 4.69) is 84.9 Å². The quantitative estimate of drug-likeness (QED) is 0.148. The summed E-state index contributed by atoms with van der Waals surface area (Å²) in [6.07, 6.45) is 0. The molecule has 0 atom stereocenters. The Labute approximate surface area is 211 Å². The molecule has 0 nitrogen and oxygen atoms in total. The topological polar surface area (TPSA) is 0 Å². The fraction of sp³-hybridized carbons (Fsp3) is 0. The molecule has 0 aliphatic carbocycles. The van der Waals surface area contributed by atoms with Gasteiger partial charge in [-0.1, -0.05) is 60.7 Å². The molecule has 0 amide bonds. The van der Waals surface area contributed by atoms with Crippen molar-refractivity contribution in [1.29, 1.82) is 0 Å². The first-order chi connectivity index (χ1) is 17.9. The standard InChI is InChI=1S/C34H14S2/c1-3-15-7-11-21-29-25(15)17(5-1)19-9-10-20-18-6-2-4-16-8-12-22-30(26(16)18)34-28(20)27(19)33(29)31-23(35-21)13-14-24(36-22)32(31)34/h1-14H. The summed E-state index contributed by atoms with van der Waals surface area (Å²) in [5, 5.41) is 22.9. The normalized spacial score (nSPS) is 13.6. The van der Waals surface area contributed by atoms with Gasteiger partial charge in [-0.3, -0.25) is 0 Å². The molecule has 11 rings (SSSR count). The van der Waals surface area contributed by atoms with Gasteiger partial charge < -0.3 is 0 Å². The van der Waals surface area contributed by atoms with E-state index in [1.54, 1.807) is 0 Å². The third kappa shape index (κ3) is 1.64. The van der Waals surface area contributed by atoms with Crippen molar-refractivity contribution in [2.45, 2.75) is 0 Å². The third-order valence-electron chi connectivity index (χ3n) is 8.87. The van der Waals surface area contributed by atoms with Crippen molar-refractivity contribution in [3.8, 4) is 0 Å². The highest BCUT2D eigenvalue weighted by molar-refractivity contribution is 7.27. The first kappa shape index (κ1) is 17.4. The molecule has 9 aromatic carbocycles. The summed E-state index contributed by atoms with van der Waals surface area (Å²) in [6.45, 7) is 0. The van der Waals surface area contributed by atoms with Gasteiger partial charge in [-0.05, 0) is 78.1 Å². The maximum atomic E-state index is 2.41. The minimum absolute atomic E-state index is 1.34. The highest BCUT2D eigenvalue weighted by atomic mass is 32.1. The Morgan fingerprint density at radius 3 is 1.14 bits per heavy atom. The zero-order chi connectivity index (χ0) is 22.9. The minimum Gasteiger partial charge on any atom is -0.135 e. The van der Waals surface area contributed by atoms with Gasteiger partial charge in [-0.25, -0.2) is 0 Å². The maximum Gasteiger partial charge on any atom is 0.0362 e. The summed E-state index contributed by atoms with van der Waals surface area (Å²) >= 11 is 3.92. The van der Waals surface area contributed by atoms with Gasteiger partial charge in [0.1, 0.15) is 0 Å². The highest BCUT2D eigenvalue weighted by Crippen LogP contribution is 2.56. The summed E-state index contributed by atoms with van der Waals surface area (Å²) in [6, 6.07) is 32.6. The van der Waals surface area contributed by atoms with E-state index in [9.17, 15) is 0 Å². The molecule has 36 heavy (non-hydrogen) atoms. The van der Waals surface area contributed by atoms with Crippen molar-refractivity contribution in [2.24, 2.45) is 0 Å². The van der Waals surface area contributed by atoms with Gasteiger partial charge in [0.2, 0.25) is 0 Å². The van der Waals surface area contributed by atoms with Crippen LogP contribution in [-0.4, -0.2) is 0 Å². The molecule has 0 unspecified atom stereocenters. The molecular formula is C34H14S2. The number of hydrogen-bond donors (Lipinski definition) is 0. The molecule has 0 saturated heterocycles. The van der Waals surface area contributed by atoms with Gasteiger partial charge in [0.05, 0.1) is 0 Å². The summed E-state index contributed by atoms with van der Waals surface area (Å²) < 4.78 is 5.59. The third-order valence-corrected chi connectivity index (χ3v) is 11.1. The monoisotopic (exact) mass is 486 g/mol. The Balaban J connectivity index is 1.70. The van der Waals surface area contributed by atoms with E-state index >= 15 is 0 Å². The number of fused-ring (bicyclic) bond motifs is 2. The van der Waals surface area contributed by atoms with Gasteiger partial charge in [0.25, 0.3) is 0 Å². The van der Waals surface area contributed by atoms with Crippen LogP contribution in [0.2, 0.25) is 0 Å². The molecule has 0 radical (unpaired) electrons. The first-order valence-corrected chi connectivity index (χ1v) is 14.1. The summed E-state index contributed by atoms with van der Waals surface area (Å²) in [7, 11) is 0. The Kier molecular flexibility index (Phi) is 2.61. The van der Waals surface area contributed by atoms with Crippen molar-refractivity contribution < 1.29 is 0 Å². The second-order valence-electron chi connectivity index (χ2n) is 10.4. The average Bonchev–Trinajstić information content (AvgIpc) is 2.93. The molecule has 0 fully saturated rings. The molecule has 162 valence electrons. The van der Waals surface area contributed by atoms with Crippen LogP contribution in [0.15, 0.2) is 84.9 Å². The molecule has 0 aliphatic heterocycles. The zero-order valence-electron chi connectivity index (χ0n) is 18.9. The van der Waals surface area contributed by atoms with Gasteiger partial charge >= 0.3 is 0 Å². The maximum absolute atomic E-state index is 2.41. The average molecular weight is 487 g/mol. The molecule has 0 N–H and O–H groups in total. The van der Waals surface area contributed by atoms with Crippen LogP contribution in [0, 0.1) is 0 Å². The Hall–Kier alpha value is -3.98. The molecule has 11 aromatic rings. The Morgan fingerprint density at radius 1 is 0.278 bits per heavy atom. The smallest absolute Gasteiger partial charge is 0.0362 e. The Morgan fingerprint density at radius 2 is 0.667 bits per heavy atom. The lowest BCUT2D eigenvalue weighted by Crippen LogP contribution is -1.95. The van der Waals surface area contributed by atoms with Crippen molar-refractivity contribution >= 4 is 128 Å². The van der Waals surface area contributed by atoms with Crippen molar-refractivity contribution in [2.75, 3.05) is 0 Å². The second-order valence-corrected chi connectivity index (χ2v) is 12.5. The zero-order valence-corrected chi connectivity index (χ0v) is 20.5. The largest absolute Gasteiger partial charge is 0.135 e. The second kappa shape index (κ2) is 5.39. The Bertz CT molecular complexity index is 2490. The van der Waals surface area contributed by atoms with Crippen LogP contribution in [0.4, 0.5) is 0 Å². The van der Waals surface area contributed by atoms with Gasteiger partial charge in [0.15, 0.2) is 0 Å². The van der Waals surface area contributed by atoms with Crippen molar-refractivity contribution in [1.82, 2.24) is 0 Å².